The van der Waals surface area contributed by atoms with Crippen LogP contribution >= 0.6 is 0 Å². The summed E-state index contributed by atoms with van der Waals surface area (Å²) in [6.07, 6.45) is 8.30. The minimum absolute atomic E-state index is 0.309. The smallest absolute Gasteiger partial charge is 0.237 e. The van der Waals surface area contributed by atoms with E-state index in [4.69, 9.17) is 0 Å². The van der Waals surface area contributed by atoms with Crippen molar-refractivity contribution in [1.82, 2.24) is 15.1 Å². The Bertz CT molecular complexity index is 323. The third kappa shape index (κ3) is 2.95. The fourth-order valence-electron chi connectivity index (χ4n) is 3.79. The van der Waals surface area contributed by atoms with E-state index in [1.165, 1.54) is 38.5 Å². The minimum Gasteiger partial charge on any atom is -0.324 e. The fraction of sp³-hybridized carbons (Fsp3) is 0.933. The van der Waals surface area contributed by atoms with Crippen molar-refractivity contribution in [2.24, 2.45) is 5.92 Å². The first kappa shape index (κ1) is 13.4. The summed E-state index contributed by atoms with van der Waals surface area (Å²) < 4.78 is 0. The van der Waals surface area contributed by atoms with Crippen LogP contribution in [0.2, 0.25) is 0 Å². The van der Waals surface area contributed by atoms with E-state index in [1.54, 1.807) is 0 Å². The van der Waals surface area contributed by atoms with E-state index in [1.807, 2.05) is 0 Å². The lowest BCUT2D eigenvalue weighted by molar-refractivity contribution is -0.128. The number of carbonyl (C=O) groups is 1. The molecule has 0 spiro atoms. The van der Waals surface area contributed by atoms with Crippen LogP contribution in [0, 0.1) is 5.92 Å². The largest absolute Gasteiger partial charge is 0.324 e. The number of carbonyl (C=O) groups excluding carboxylic acids is 1. The highest BCUT2D eigenvalue weighted by Gasteiger charge is 2.37. The average molecular weight is 265 g/mol. The summed E-state index contributed by atoms with van der Waals surface area (Å²) >= 11 is 0. The van der Waals surface area contributed by atoms with Crippen molar-refractivity contribution in [3.8, 4) is 0 Å². The predicted octanol–water partition coefficient (Wildman–Crippen LogP) is 1.42. The third-order valence-electron chi connectivity index (χ3n) is 5.06. The first-order valence-corrected chi connectivity index (χ1v) is 8.06. The number of hydrogen-bond acceptors (Lipinski definition) is 3. The first-order chi connectivity index (χ1) is 9.29. The second kappa shape index (κ2) is 5.80. The summed E-state index contributed by atoms with van der Waals surface area (Å²) in [5.41, 5.74) is 0. The molecular formula is C15H27N3O. The third-order valence-corrected chi connectivity index (χ3v) is 5.06. The summed E-state index contributed by atoms with van der Waals surface area (Å²) in [5, 5.41) is 3.44. The van der Waals surface area contributed by atoms with E-state index in [0.717, 1.165) is 25.7 Å². The number of rotatable bonds is 6. The van der Waals surface area contributed by atoms with Gasteiger partial charge in [-0.25, -0.2) is 0 Å². The highest BCUT2D eigenvalue weighted by molar-refractivity contribution is 5.80. The van der Waals surface area contributed by atoms with Gasteiger partial charge in [0.05, 0.1) is 12.7 Å². The van der Waals surface area contributed by atoms with E-state index in [0.29, 0.717) is 24.5 Å². The van der Waals surface area contributed by atoms with Crippen LogP contribution in [0.25, 0.3) is 0 Å². The minimum atomic E-state index is 0.309. The molecule has 3 fully saturated rings. The van der Waals surface area contributed by atoms with Gasteiger partial charge >= 0.3 is 0 Å². The van der Waals surface area contributed by atoms with E-state index < -0.39 is 0 Å². The SMILES string of the molecule is CCN(CCN1C(=O)CNC1C1CCCC1)C1CC1. The second-order valence-electron chi connectivity index (χ2n) is 6.32. The standard InChI is InChI=1S/C15H27N3O/c1-2-17(13-7-8-13)9-10-18-14(19)11-16-15(18)12-5-3-4-6-12/h12-13,15-16H,2-11H2,1H3. The Morgan fingerprint density at radius 3 is 2.63 bits per heavy atom. The molecule has 1 amide bonds. The van der Waals surface area contributed by atoms with Gasteiger partial charge in [-0.15, -0.1) is 0 Å². The fourth-order valence-corrected chi connectivity index (χ4v) is 3.79. The molecule has 1 atom stereocenters. The number of likely N-dealkylation sites (N-methyl/N-ethyl adjacent to an activating group) is 1. The molecule has 0 bridgehead atoms. The lowest BCUT2D eigenvalue weighted by Gasteiger charge is -2.31. The van der Waals surface area contributed by atoms with Crippen LogP contribution in [-0.2, 0) is 4.79 Å². The van der Waals surface area contributed by atoms with Crippen LogP contribution in [0.1, 0.15) is 45.4 Å². The lowest BCUT2D eigenvalue weighted by atomic mass is 10.0. The van der Waals surface area contributed by atoms with Crippen molar-refractivity contribution in [2.45, 2.75) is 57.7 Å². The van der Waals surface area contributed by atoms with Gasteiger partial charge in [0.25, 0.3) is 0 Å². The average Bonchev–Trinajstić information content (AvgIpc) is 2.98. The van der Waals surface area contributed by atoms with Crippen LogP contribution in [0.3, 0.4) is 0 Å². The zero-order chi connectivity index (χ0) is 13.2. The van der Waals surface area contributed by atoms with E-state index in [-0.39, 0.29) is 0 Å². The molecular weight excluding hydrogens is 238 g/mol. The van der Waals surface area contributed by atoms with Crippen molar-refractivity contribution < 1.29 is 4.79 Å². The van der Waals surface area contributed by atoms with Crippen LogP contribution in [0.4, 0.5) is 0 Å². The van der Waals surface area contributed by atoms with Crippen molar-refractivity contribution in [1.29, 1.82) is 0 Å². The number of nitrogens with one attached hydrogen (secondary N) is 1. The molecule has 3 rings (SSSR count). The lowest BCUT2D eigenvalue weighted by Crippen LogP contribution is -2.46. The van der Waals surface area contributed by atoms with Gasteiger partial charge < -0.3 is 4.90 Å². The summed E-state index contributed by atoms with van der Waals surface area (Å²) in [7, 11) is 0. The Balaban J connectivity index is 1.55. The quantitative estimate of drug-likeness (QED) is 0.789. The Morgan fingerprint density at radius 2 is 2.00 bits per heavy atom. The molecule has 0 aromatic rings. The predicted molar refractivity (Wildman–Crippen MR) is 75.7 cm³/mol. The summed E-state index contributed by atoms with van der Waals surface area (Å²) in [5.74, 6) is 1.01. The van der Waals surface area contributed by atoms with Gasteiger partial charge in [0.2, 0.25) is 5.91 Å². The van der Waals surface area contributed by atoms with Crippen molar-refractivity contribution >= 4 is 5.91 Å². The maximum absolute atomic E-state index is 12.1. The molecule has 4 heteroatoms. The van der Waals surface area contributed by atoms with E-state index in [2.05, 4.69) is 22.0 Å². The highest BCUT2D eigenvalue weighted by Crippen LogP contribution is 2.31. The molecule has 2 aliphatic carbocycles. The van der Waals surface area contributed by atoms with Crippen molar-refractivity contribution in [2.75, 3.05) is 26.2 Å². The Morgan fingerprint density at radius 1 is 1.26 bits per heavy atom. The van der Waals surface area contributed by atoms with Gasteiger partial charge in [0.15, 0.2) is 0 Å². The molecule has 2 saturated carbocycles. The summed E-state index contributed by atoms with van der Waals surface area (Å²) in [6, 6.07) is 0.806. The van der Waals surface area contributed by atoms with Gasteiger partial charge in [0.1, 0.15) is 0 Å². The molecule has 0 aromatic heterocycles. The van der Waals surface area contributed by atoms with Gasteiger partial charge in [-0.05, 0) is 38.1 Å². The molecule has 0 radical (unpaired) electrons. The maximum Gasteiger partial charge on any atom is 0.237 e. The number of hydrogen-bond donors (Lipinski definition) is 1. The zero-order valence-corrected chi connectivity index (χ0v) is 12.1. The number of amides is 1. The van der Waals surface area contributed by atoms with Gasteiger partial charge in [0, 0.05) is 19.1 Å². The van der Waals surface area contributed by atoms with Crippen molar-refractivity contribution in [3.05, 3.63) is 0 Å². The Labute approximate surface area is 116 Å². The molecule has 1 saturated heterocycles. The molecule has 1 heterocycles. The van der Waals surface area contributed by atoms with Gasteiger partial charge in [-0.2, -0.15) is 0 Å². The van der Waals surface area contributed by atoms with Crippen LogP contribution in [0.15, 0.2) is 0 Å². The highest BCUT2D eigenvalue weighted by atomic mass is 16.2. The molecule has 3 aliphatic rings. The normalized spacial score (nSPS) is 28.8. The Kier molecular flexibility index (Phi) is 4.08. The van der Waals surface area contributed by atoms with Gasteiger partial charge in [-0.1, -0.05) is 19.8 Å². The van der Waals surface area contributed by atoms with Crippen molar-refractivity contribution in [3.63, 3.8) is 0 Å². The molecule has 4 nitrogen and oxygen atoms in total. The van der Waals surface area contributed by atoms with Crippen LogP contribution in [0.5, 0.6) is 0 Å². The first-order valence-electron chi connectivity index (χ1n) is 8.06. The molecule has 19 heavy (non-hydrogen) atoms. The van der Waals surface area contributed by atoms with Crippen LogP contribution < -0.4 is 5.32 Å². The molecule has 1 N–H and O–H groups in total. The maximum atomic E-state index is 12.1. The topological polar surface area (TPSA) is 35.6 Å². The monoisotopic (exact) mass is 265 g/mol. The molecule has 1 aliphatic heterocycles. The van der Waals surface area contributed by atoms with Crippen LogP contribution in [-0.4, -0.2) is 54.1 Å². The Hall–Kier alpha value is -0.610. The van der Waals surface area contributed by atoms with E-state index >= 15 is 0 Å². The molecule has 0 aromatic carbocycles. The summed E-state index contributed by atoms with van der Waals surface area (Å²) in [6.45, 7) is 5.87. The molecule has 108 valence electrons. The molecule has 1 unspecified atom stereocenters. The second-order valence-corrected chi connectivity index (χ2v) is 6.32. The zero-order valence-electron chi connectivity index (χ0n) is 12.1. The number of nitrogens with zero attached hydrogens (tertiary/aromatic N) is 2. The van der Waals surface area contributed by atoms with Gasteiger partial charge in [-0.3, -0.25) is 15.0 Å². The summed E-state index contributed by atoms with van der Waals surface area (Å²) in [4.78, 5) is 16.7. The van der Waals surface area contributed by atoms with E-state index in [9.17, 15) is 4.79 Å².